The van der Waals surface area contributed by atoms with Crippen molar-refractivity contribution in [1.82, 2.24) is 9.62 Å². The van der Waals surface area contributed by atoms with E-state index in [4.69, 9.17) is 5.41 Å². The van der Waals surface area contributed by atoms with Gasteiger partial charge in [0.05, 0.1) is 5.54 Å². The summed E-state index contributed by atoms with van der Waals surface area (Å²) in [5.41, 5.74) is -0.961. The van der Waals surface area contributed by atoms with Crippen LogP contribution in [-0.2, 0) is 15.6 Å². The highest BCUT2D eigenvalue weighted by Crippen LogP contribution is 2.45. The highest BCUT2D eigenvalue weighted by Gasteiger charge is 2.53. The molecule has 1 saturated heterocycles. The van der Waals surface area contributed by atoms with Gasteiger partial charge < -0.3 is 5.32 Å². The number of carbonyl (C=O) groups excluding carboxylic acids is 1. The highest BCUT2D eigenvalue weighted by molar-refractivity contribution is 7.90. The topological polar surface area (TPSA) is 90.3 Å². The summed E-state index contributed by atoms with van der Waals surface area (Å²) in [6, 6.07) is 8.85. The molecule has 0 saturated carbocycles. The first-order chi connectivity index (χ1) is 13.0. The molecule has 2 aromatic carbocycles. The minimum Gasteiger partial charge on any atom is -0.345 e. The molecule has 148 valence electrons. The van der Waals surface area contributed by atoms with Crippen LogP contribution in [0, 0.1) is 17.0 Å². The number of Topliss-reactive ketones (excluding diaryl/α,β-unsaturated/α-hetero) is 1. The fourth-order valence-corrected chi connectivity index (χ4v) is 5.39. The van der Waals surface area contributed by atoms with Crippen LogP contribution in [0.4, 0.5) is 8.78 Å². The van der Waals surface area contributed by atoms with Crippen LogP contribution in [0.25, 0.3) is 0 Å². The largest absolute Gasteiger partial charge is 0.345 e. The van der Waals surface area contributed by atoms with Crippen molar-refractivity contribution in [2.45, 2.75) is 24.6 Å². The molecule has 0 radical (unpaired) electrons. The van der Waals surface area contributed by atoms with Gasteiger partial charge in [-0.3, -0.25) is 10.2 Å². The first-order valence-corrected chi connectivity index (χ1v) is 9.89. The molecule has 28 heavy (non-hydrogen) atoms. The van der Waals surface area contributed by atoms with E-state index in [1.54, 1.807) is 0 Å². The quantitative estimate of drug-likeness (QED) is 0.766. The van der Waals surface area contributed by atoms with E-state index < -0.39 is 38.4 Å². The first-order valence-electron chi connectivity index (χ1n) is 8.39. The fraction of sp³-hybridized carbons (Fsp3) is 0.263. The second kappa shape index (κ2) is 6.66. The summed E-state index contributed by atoms with van der Waals surface area (Å²) in [6.07, 6.45) is 0. The standard InChI is InChI=1S/C19H19F2N3O3S/c1-11(25)12-4-6-13(7-5-12)17-19(2,15-9-8-14(20)10-16(15)21)23-18(22)24(3)28(17,26)27/h4-10,17H,1-3H3,(H2,22,23)/t17-,19-/m1/s1. The molecule has 2 atom stereocenters. The van der Waals surface area contributed by atoms with Crippen molar-refractivity contribution in [2.75, 3.05) is 7.05 Å². The number of hydrogen-bond donors (Lipinski definition) is 2. The number of sulfonamides is 1. The number of rotatable bonds is 3. The van der Waals surface area contributed by atoms with Gasteiger partial charge in [-0.05, 0) is 25.5 Å². The van der Waals surface area contributed by atoms with Crippen LogP contribution in [0.3, 0.4) is 0 Å². The summed E-state index contributed by atoms with van der Waals surface area (Å²) in [5.74, 6) is -2.32. The van der Waals surface area contributed by atoms with E-state index in [2.05, 4.69) is 5.32 Å². The maximum atomic E-state index is 14.6. The Kier molecular flexibility index (Phi) is 4.74. The molecule has 2 aromatic rings. The smallest absolute Gasteiger partial charge is 0.246 e. The van der Waals surface area contributed by atoms with Crippen molar-refractivity contribution < 1.29 is 22.0 Å². The number of benzene rings is 2. The fourth-order valence-electron chi connectivity index (χ4n) is 3.49. The van der Waals surface area contributed by atoms with Crippen LogP contribution in [0.5, 0.6) is 0 Å². The van der Waals surface area contributed by atoms with Gasteiger partial charge in [0, 0.05) is 24.2 Å². The van der Waals surface area contributed by atoms with Gasteiger partial charge in [0.15, 0.2) is 5.78 Å². The lowest BCUT2D eigenvalue weighted by Crippen LogP contribution is -2.62. The van der Waals surface area contributed by atoms with Crippen molar-refractivity contribution in [1.29, 1.82) is 5.41 Å². The van der Waals surface area contributed by atoms with Crippen LogP contribution in [0.1, 0.15) is 40.6 Å². The van der Waals surface area contributed by atoms with Gasteiger partial charge in [0.2, 0.25) is 16.0 Å². The van der Waals surface area contributed by atoms with E-state index in [9.17, 15) is 22.0 Å². The van der Waals surface area contributed by atoms with Gasteiger partial charge in [-0.2, -0.15) is 0 Å². The Balaban J connectivity index is 2.25. The Morgan fingerprint density at radius 3 is 2.32 bits per heavy atom. The normalized spacial score (nSPS) is 24.0. The summed E-state index contributed by atoms with van der Waals surface area (Å²) >= 11 is 0. The molecule has 0 amide bonds. The van der Waals surface area contributed by atoms with Crippen molar-refractivity contribution in [3.63, 3.8) is 0 Å². The predicted molar refractivity (Wildman–Crippen MR) is 100 cm³/mol. The number of ketones is 1. The molecular formula is C19H19F2N3O3S. The van der Waals surface area contributed by atoms with Crippen LogP contribution in [-0.4, -0.2) is 31.5 Å². The minimum atomic E-state index is -4.12. The van der Waals surface area contributed by atoms with E-state index in [0.29, 0.717) is 17.2 Å². The van der Waals surface area contributed by atoms with Crippen LogP contribution >= 0.6 is 0 Å². The van der Waals surface area contributed by atoms with Gasteiger partial charge in [-0.1, -0.05) is 30.3 Å². The molecule has 1 heterocycles. The number of halogens is 2. The minimum absolute atomic E-state index is 0.0871. The lowest BCUT2D eigenvalue weighted by Gasteiger charge is -2.46. The summed E-state index contributed by atoms with van der Waals surface area (Å²) in [4.78, 5) is 11.5. The SMILES string of the molecule is CC(=O)c1ccc([C@@H]2[C@@](C)(c3ccc(F)cc3F)NC(=N)N(C)S2(=O)=O)cc1. The molecule has 0 aliphatic carbocycles. The average Bonchev–Trinajstić information content (AvgIpc) is 2.60. The van der Waals surface area contributed by atoms with Gasteiger partial charge in [0.25, 0.3) is 0 Å². The Morgan fingerprint density at radius 1 is 1.18 bits per heavy atom. The zero-order valence-electron chi connectivity index (χ0n) is 15.5. The van der Waals surface area contributed by atoms with Crippen molar-refractivity contribution in [3.05, 3.63) is 70.8 Å². The van der Waals surface area contributed by atoms with Crippen LogP contribution in [0.15, 0.2) is 42.5 Å². The number of nitrogens with one attached hydrogen (secondary N) is 2. The number of guanidine groups is 1. The van der Waals surface area contributed by atoms with E-state index in [-0.39, 0.29) is 11.3 Å². The van der Waals surface area contributed by atoms with E-state index in [1.807, 2.05) is 0 Å². The van der Waals surface area contributed by atoms with Crippen molar-refractivity contribution >= 4 is 21.8 Å². The molecule has 3 rings (SSSR count). The second-order valence-corrected chi connectivity index (χ2v) is 8.92. The molecule has 1 aliphatic heterocycles. The number of hydrogen-bond acceptors (Lipinski definition) is 4. The molecule has 2 N–H and O–H groups in total. The van der Waals surface area contributed by atoms with E-state index in [0.717, 1.165) is 10.4 Å². The highest BCUT2D eigenvalue weighted by atomic mass is 32.2. The zero-order valence-corrected chi connectivity index (χ0v) is 16.3. The van der Waals surface area contributed by atoms with Gasteiger partial charge in [-0.25, -0.2) is 21.5 Å². The molecule has 0 spiro atoms. The summed E-state index contributed by atoms with van der Waals surface area (Å²) in [5, 5.41) is 9.45. The van der Waals surface area contributed by atoms with Gasteiger partial charge in [-0.15, -0.1) is 0 Å². The third-order valence-corrected chi connectivity index (χ3v) is 7.29. The summed E-state index contributed by atoms with van der Waals surface area (Å²) < 4.78 is 55.2. The Morgan fingerprint density at radius 2 is 1.79 bits per heavy atom. The second-order valence-electron chi connectivity index (χ2n) is 6.87. The molecule has 9 heteroatoms. The third kappa shape index (κ3) is 3.05. The van der Waals surface area contributed by atoms with Crippen molar-refractivity contribution in [2.24, 2.45) is 0 Å². The summed E-state index contributed by atoms with van der Waals surface area (Å²) in [6.45, 7) is 2.84. The molecule has 1 fully saturated rings. The number of nitrogens with zero attached hydrogens (tertiary/aromatic N) is 1. The lowest BCUT2D eigenvalue weighted by atomic mass is 9.84. The Bertz CT molecular complexity index is 1070. The maximum absolute atomic E-state index is 14.6. The molecule has 0 aromatic heterocycles. The molecule has 0 bridgehead atoms. The predicted octanol–water partition coefficient (Wildman–Crippen LogP) is 2.92. The van der Waals surface area contributed by atoms with E-state index in [1.165, 1.54) is 51.2 Å². The van der Waals surface area contributed by atoms with Crippen LogP contribution < -0.4 is 5.32 Å². The maximum Gasteiger partial charge on any atom is 0.246 e. The molecule has 0 unspecified atom stereocenters. The van der Waals surface area contributed by atoms with Crippen LogP contribution in [0.2, 0.25) is 0 Å². The first kappa shape index (κ1) is 19.9. The van der Waals surface area contributed by atoms with Crippen molar-refractivity contribution in [3.8, 4) is 0 Å². The molecule has 6 nitrogen and oxygen atoms in total. The zero-order chi connectivity index (χ0) is 20.9. The van der Waals surface area contributed by atoms with Gasteiger partial charge in [0.1, 0.15) is 16.9 Å². The van der Waals surface area contributed by atoms with Gasteiger partial charge >= 0.3 is 0 Å². The average molecular weight is 407 g/mol. The number of carbonyl (C=O) groups is 1. The third-order valence-electron chi connectivity index (χ3n) is 5.01. The Hall–Kier alpha value is -2.81. The molecular weight excluding hydrogens is 388 g/mol. The molecule has 1 aliphatic rings. The Labute approximate surface area is 161 Å². The monoisotopic (exact) mass is 407 g/mol. The summed E-state index contributed by atoms with van der Waals surface area (Å²) in [7, 11) is -2.89. The lowest BCUT2D eigenvalue weighted by molar-refractivity contribution is 0.101. The van der Waals surface area contributed by atoms with E-state index >= 15 is 0 Å².